The quantitative estimate of drug-likeness (QED) is 0.301. The number of nitrogens with one attached hydrogen (secondary N) is 2. The van der Waals surface area contributed by atoms with Crippen molar-refractivity contribution in [3.05, 3.63) is 52.6 Å². The Morgan fingerprint density at radius 2 is 2.10 bits per heavy atom. The van der Waals surface area contributed by atoms with Crippen LogP contribution < -0.4 is 10.6 Å². The molecule has 1 aromatic carbocycles. The van der Waals surface area contributed by atoms with E-state index in [1.54, 1.807) is 12.1 Å². The smallest absolute Gasteiger partial charge is 0.269 e. The molecule has 1 fully saturated rings. The molecular weight excluding hydrogens is 410 g/mol. The van der Waals surface area contributed by atoms with E-state index in [-0.39, 0.29) is 12.2 Å². The first-order valence-electron chi connectivity index (χ1n) is 9.28. The van der Waals surface area contributed by atoms with Crippen LogP contribution in [-0.2, 0) is 16.1 Å². The number of hydrogen-bond acceptors (Lipinski definition) is 10. The third-order valence-corrected chi connectivity index (χ3v) is 4.96. The van der Waals surface area contributed by atoms with Gasteiger partial charge in [-0.1, -0.05) is 12.1 Å². The predicted octanol–water partition coefficient (Wildman–Crippen LogP) is -0.288. The summed E-state index contributed by atoms with van der Waals surface area (Å²) in [5.74, 6) is -0.196. The van der Waals surface area contributed by atoms with Gasteiger partial charge in [-0.25, -0.2) is 15.0 Å². The molecule has 162 valence electrons. The number of aliphatic hydroxyl groups excluding tert-OH is 2. The zero-order valence-corrected chi connectivity index (χ0v) is 16.2. The standard InChI is InChI=1S/C18H19N7O6/c1-19-17(28)14-12(26)13(27)18(31-14)24-8-23-11-15(21-7-22-16(11)24)20-6-9-3-2-4-10(5-9)25(29)30/h2-5,7-8,12-14,18,26-27H,6H2,1H3,(H,19,28)(H,20,21,22)/t12-,13+,14-,18+/m0/s1. The molecule has 0 aliphatic carbocycles. The number of imidazole rings is 1. The summed E-state index contributed by atoms with van der Waals surface area (Å²) >= 11 is 0. The van der Waals surface area contributed by atoms with E-state index in [2.05, 4.69) is 25.6 Å². The Kier molecular flexibility index (Phi) is 5.46. The molecule has 0 bridgehead atoms. The second-order valence-corrected chi connectivity index (χ2v) is 6.87. The lowest BCUT2D eigenvalue weighted by atomic mass is 10.1. The lowest BCUT2D eigenvalue weighted by Crippen LogP contribution is -2.41. The van der Waals surface area contributed by atoms with Crippen molar-refractivity contribution in [1.82, 2.24) is 24.8 Å². The number of likely N-dealkylation sites (N-methyl/N-ethyl adjacent to an activating group) is 1. The van der Waals surface area contributed by atoms with Crippen molar-refractivity contribution in [2.75, 3.05) is 12.4 Å². The number of ether oxygens (including phenoxy) is 1. The molecule has 1 amide bonds. The molecule has 4 atom stereocenters. The normalized spacial score (nSPS) is 23.1. The molecule has 3 aromatic rings. The Balaban J connectivity index is 1.58. The molecular formula is C18H19N7O6. The Labute approximate surface area is 174 Å². The van der Waals surface area contributed by atoms with Gasteiger partial charge in [0.05, 0.1) is 11.3 Å². The summed E-state index contributed by atoms with van der Waals surface area (Å²) in [4.78, 5) is 35.0. The lowest BCUT2D eigenvalue weighted by molar-refractivity contribution is -0.384. The second-order valence-electron chi connectivity index (χ2n) is 6.87. The molecule has 0 radical (unpaired) electrons. The summed E-state index contributed by atoms with van der Waals surface area (Å²) < 4.78 is 6.97. The molecule has 1 aliphatic rings. The third kappa shape index (κ3) is 3.76. The summed E-state index contributed by atoms with van der Waals surface area (Å²) in [6, 6.07) is 6.18. The van der Waals surface area contributed by atoms with Crippen LogP contribution in [0.15, 0.2) is 36.9 Å². The average Bonchev–Trinajstić information content (AvgIpc) is 3.33. The van der Waals surface area contributed by atoms with E-state index in [1.165, 1.54) is 36.4 Å². The molecule has 4 rings (SSSR count). The molecule has 4 N–H and O–H groups in total. The monoisotopic (exact) mass is 429 g/mol. The Morgan fingerprint density at radius 1 is 1.29 bits per heavy atom. The van der Waals surface area contributed by atoms with Crippen molar-refractivity contribution in [1.29, 1.82) is 0 Å². The summed E-state index contributed by atoms with van der Waals surface area (Å²) in [6.45, 7) is 0.251. The SMILES string of the molecule is CNC(=O)[C@H]1O[C@@H](n2cnc3c(NCc4cccc([N+](=O)[O-])c4)ncnc32)[C@H](O)[C@@H]1O. The number of benzene rings is 1. The van der Waals surface area contributed by atoms with E-state index in [4.69, 9.17) is 4.74 Å². The number of non-ortho nitro benzene ring substituents is 1. The minimum Gasteiger partial charge on any atom is -0.387 e. The van der Waals surface area contributed by atoms with Crippen molar-refractivity contribution < 1.29 is 24.7 Å². The van der Waals surface area contributed by atoms with Crippen molar-refractivity contribution in [3.8, 4) is 0 Å². The second kappa shape index (κ2) is 8.22. The van der Waals surface area contributed by atoms with Gasteiger partial charge in [-0.15, -0.1) is 0 Å². The molecule has 31 heavy (non-hydrogen) atoms. The highest BCUT2D eigenvalue weighted by molar-refractivity contribution is 5.83. The van der Waals surface area contributed by atoms with Crippen LogP contribution in [0.25, 0.3) is 11.2 Å². The van der Waals surface area contributed by atoms with Crippen LogP contribution in [0.3, 0.4) is 0 Å². The van der Waals surface area contributed by atoms with Crippen molar-refractivity contribution in [2.45, 2.75) is 31.1 Å². The minimum absolute atomic E-state index is 0.0204. The van der Waals surface area contributed by atoms with Gasteiger partial charge in [0.15, 0.2) is 29.3 Å². The van der Waals surface area contributed by atoms with Gasteiger partial charge in [0.2, 0.25) is 0 Å². The van der Waals surface area contributed by atoms with Crippen LogP contribution >= 0.6 is 0 Å². The number of nitro groups is 1. The molecule has 3 heterocycles. The Bertz CT molecular complexity index is 1140. The van der Waals surface area contributed by atoms with Crippen LogP contribution in [0.5, 0.6) is 0 Å². The highest BCUT2D eigenvalue weighted by atomic mass is 16.6. The first kappa shape index (κ1) is 20.6. The van der Waals surface area contributed by atoms with Gasteiger partial charge < -0.3 is 25.6 Å². The Hall–Kier alpha value is -3.68. The first-order chi connectivity index (χ1) is 14.9. The van der Waals surface area contributed by atoms with Gasteiger partial charge in [0, 0.05) is 25.7 Å². The van der Waals surface area contributed by atoms with Gasteiger partial charge in [-0.05, 0) is 5.56 Å². The first-order valence-corrected chi connectivity index (χ1v) is 9.28. The minimum atomic E-state index is -1.42. The molecule has 1 aliphatic heterocycles. The van der Waals surface area contributed by atoms with E-state index in [0.29, 0.717) is 22.5 Å². The highest BCUT2D eigenvalue weighted by Gasteiger charge is 2.47. The van der Waals surface area contributed by atoms with Gasteiger partial charge in [-0.3, -0.25) is 19.5 Å². The highest BCUT2D eigenvalue weighted by Crippen LogP contribution is 2.32. The van der Waals surface area contributed by atoms with Crippen molar-refractivity contribution >= 4 is 28.6 Å². The van der Waals surface area contributed by atoms with Crippen LogP contribution in [-0.4, -0.2) is 65.9 Å². The number of aliphatic hydroxyl groups is 2. The zero-order valence-electron chi connectivity index (χ0n) is 16.2. The number of carbonyl (C=O) groups excluding carboxylic acids is 1. The van der Waals surface area contributed by atoms with Gasteiger partial charge >= 0.3 is 0 Å². The van der Waals surface area contributed by atoms with Crippen LogP contribution in [0.1, 0.15) is 11.8 Å². The maximum Gasteiger partial charge on any atom is 0.269 e. The number of hydrogen-bond donors (Lipinski definition) is 4. The predicted molar refractivity (Wildman–Crippen MR) is 106 cm³/mol. The molecule has 1 saturated heterocycles. The summed E-state index contributed by atoms with van der Waals surface area (Å²) in [5.41, 5.74) is 1.33. The number of rotatable bonds is 6. The maximum atomic E-state index is 11.9. The molecule has 0 spiro atoms. The van der Waals surface area contributed by atoms with Crippen LogP contribution in [0.4, 0.5) is 11.5 Å². The van der Waals surface area contributed by atoms with Crippen LogP contribution in [0.2, 0.25) is 0 Å². The van der Waals surface area contributed by atoms with E-state index < -0.39 is 35.4 Å². The number of nitro benzene ring substituents is 1. The summed E-state index contributed by atoms with van der Waals surface area (Å²) in [5, 5.41) is 36.9. The van der Waals surface area contributed by atoms with E-state index >= 15 is 0 Å². The number of anilines is 1. The number of carbonyl (C=O) groups is 1. The number of aromatic nitrogens is 4. The fraction of sp³-hybridized carbons (Fsp3) is 0.333. The van der Waals surface area contributed by atoms with Gasteiger partial charge in [0.25, 0.3) is 11.6 Å². The summed E-state index contributed by atoms with van der Waals surface area (Å²) in [7, 11) is 1.40. The topological polar surface area (TPSA) is 178 Å². The fourth-order valence-electron chi connectivity index (χ4n) is 3.38. The molecule has 0 unspecified atom stereocenters. The summed E-state index contributed by atoms with van der Waals surface area (Å²) in [6.07, 6.45) is -2.47. The van der Waals surface area contributed by atoms with Crippen molar-refractivity contribution in [3.63, 3.8) is 0 Å². The fourth-order valence-corrected chi connectivity index (χ4v) is 3.38. The molecule has 13 heteroatoms. The van der Waals surface area contributed by atoms with E-state index in [9.17, 15) is 25.1 Å². The Morgan fingerprint density at radius 3 is 2.84 bits per heavy atom. The number of nitrogens with zero attached hydrogens (tertiary/aromatic N) is 5. The largest absolute Gasteiger partial charge is 0.387 e. The van der Waals surface area contributed by atoms with Gasteiger partial charge in [0.1, 0.15) is 18.5 Å². The zero-order chi connectivity index (χ0) is 22.1. The number of fused-ring (bicyclic) bond motifs is 1. The molecule has 13 nitrogen and oxygen atoms in total. The molecule has 0 saturated carbocycles. The van der Waals surface area contributed by atoms with E-state index in [0.717, 1.165) is 0 Å². The lowest BCUT2D eigenvalue weighted by Gasteiger charge is -2.16. The van der Waals surface area contributed by atoms with E-state index in [1.807, 2.05) is 0 Å². The van der Waals surface area contributed by atoms with Crippen molar-refractivity contribution in [2.24, 2.45) is 0 Å². The van der Waals surface area contributed by atoms with Crippen LogP contribution in [0, 0.1) is 10.1 Å². The average molecular weight is 429 g/mol. The van der Waals surface area contributed by atoms with Gasteiger partial charge in [-0.2, -0.15) is 0 Å². The number of amides is 1. The maximum absolute atomic E-state index is 11.9. The third-order valence-electron chi connectivity index (χ3n) is 4.96. The molecule has 2 aromatic heterocycles.